The van der Waals surface area contributed by atoms with Crippen LogP contribution in [0.4, 0.5) is 4.79 Å². The van der Waals surface area contributed by atoms with Gasteiger partial charge in [0.05, 0.1) is 5.02 Å². The van der Waals surface area contributed by atoms with Crippen LogP contribution in [0.2, 0.25) is 10.2 Å². The zero-order chi connectivity index (χ0) is 17.4. The Bertz CT molecular complexity index is 593. The van der Waals surface area contributed by atoms with Crippen molar-refractivity contribution < 1.29 is 19.1 Å². The summed E-state index contributed by atoms with van der Waals surface area (Å²) < 4.78 is 4.73. The van der Waals surface area contributed by atoms with Crippen molar-refractivity contribution in [3.05, 3.63) is 28.0 Å². The molecular weight excluding hydrogens is 345 g/mol. The second kappa shape index (κ2) is 9.32. The molecule has 1 rings (SSSR count). The minimum atomic E-state index is -0.909. The molecule has 1 aromatic heterocycles. The Morgan fingerprint density at radius 3 is 2.61 bits per heavy atom. The third kappa shape index (κ3) is 7.30. The first-order valence-electron chi connectivity index (χ1n) is 6.86. The number of carbonyl (C=O) groups excluding carboxylic acids is 3. The smallest absolute Gasteiger partial charge is 0.359 e. The molecule has 0 bridgehead atoms. The summed E-state index contributed by atoms with van der Waals surface area (Å²) in [4.78, 5) is 38.4. The number of urea groups is 1. The van der Waals surface area contributed by atoms with E-state index >= 15 is 0 Å². The molecule has 0 aliphatic heterocycles. The first-order valence-corrected chi connectivity index (χ1v) is 7.62. The number of nitrogens with zero attached hydrogens (tertiary/aromatic N) is 1. The summed E-state index contributed by atoms with van der Waals surface area (Å²) in [5.41, 5.74) is -0.201. The van der Waals surface area contributed by atoms with E-state index in [0.717, 1.165) is 6.42 Å². The largest absolute Gasteiger partial charge is 0.451 e. The average Bonchev–Trinajstić information content (AvgIpc) is 2.46. The lowest BCUT2D eigenvalue weighted by Gasteiger charge is -2.09. The van der Waals surface area contributed by atoms with Gasteiger partial charge in [0.15, 0.2) is 12.3 Å². The van der Waals surface area contributed by atoms with Gasteiger partial charge in [-0.15, -0.1) is 0 Å². The van der Waals surface area contributed by atoms with Gasteiger partial charge < -0.3 is 10.1 Å². The number of carbonyl (C=O) groups is 3. The lowest BCUT2D eigenvalue weighted by molar-refractivity contribution is -0.123. The van der Waals surface area contributed by atoms with Crippen molar-refractivity contribution in [3.8, 4) is 0 Å². The highest BCUT2D eigenvalue weighted by Crippen LogP contribution is 2.17. The van der Waals surface area contributed by atoms with Crippen LogP contribution in [-0.2, 0) is 9.53 Å². The number of esters is 1. The molecule has 0 aliphatic carbocycles. The monoisotopic (exact) mass is 361 g/mol. The van der Waals surface area contributed by atoms with Gasteiger partial charge >= 0.3 is 12.0 Å². The van der Waals surface area contributed by atoms with Crippen molar-refractivity contribution >= 4 is 41.1 Å². The predicted molar refractivity (Wildman–Crippen MR) is 85.5 cm³/mol. The molecule has 1 aromatic rings. The van der Waals surface area contributed by atoms with E-state index in [0.29, 0.717) is 12.5 Å². The number of hydrogen-bond donors (Lipinski definition) is 2. The van der Waals surface area contributed by atoms with Gasteiger partial charge in [-0.1, -0.05) is 37.0 Å². The maximum Gasteiger partial charge on any atom is 0.359 e. The molecule has 9 heteroatoms. The van der Waals surface area contributed by atoms with E-state index in [4.69, 9.17) is 27.9 Å². The summed E-state index contributed by atoms with van der Waals surface area (Å²) >= 11 is 11.4. The Hall–Kier alpha value is -1.86. The highest BCUT2D eigenvalue weighted by Gasteiger charge is 2.17. The van der Waals surface area contributed by atoms with Crippen molar-refractivity contribution in [1.82, 2.24) is 15.6 Å². The lowest BCUT2D eigenvalue weighted by atomic mass is 10.1. The van der Waals surface area contributed by atoms with Crippen LogP contribution in [0.3, 0.4) is 0 Å². The molecule has 0 fully saturated rings. The topological polar surface area (TPSA) is 97.4 Å². The molecule has 1 heterocycles. The molecule has 23 heavy (non-hydrogen) atoms. The molecule has 0 atom stereocenters. The number of aromatic nitrogens is 1. The number of pyridine rings is 1. The maximum absolute atomic E-state index is 11.7. The molecule has 2 N–H and O–H groups in total. The van der Waals surface area contributed by atoms with Crippen LogP contribution >= 0.6 is 23.2 Å². The van der Waals surface area contributed by atoms with Gasteiger partial charge in [-0.3, -0.25) is 10.1 Å². The molecule has 0 spiro atoms. The van der Waals surface area contributed by atoms with E-state index in [9.17, 15) is 14.4 Å². The lowest BCUT2D eigenvalue weighted by Crippen LogP contribution is -2.42. The predicted octanol–water partition coefficient (Wildman–Crippen LogP) is 2.42. The Morgan fingerprint density at radius 2 is 1.96 bits per heavy atom. The molecule has 126 valence electrons. The van der Waals surface area contributed by atoms with Gasteiger partial charge in [-0.05, 0) is 24.5 Å². The van der Waals surface area contributed by atoms with Crippen molar-refractivity contribution in [2.45, 2.75) is 20.3 Å². The minimum Gasteiger partial charge on any atom is -0.451 e. The minimum absolute atomic E-state index is 0.0474. The molecule has 7 nitrogen and oxygen atoms in total. The van der Waals surface area contributed by atoms with Crippen molar-refractivity contribution in [2.75, 3.05) is 13.2 Å². The zero-order valence-corrected chi connectivity index (χ0v) is 14.2. The fourth-order valence-corrected chi connectivity index (χ4v) is 1.77. The summed E-state index contributed by atoms with van der Waals surface area (Å²) in [5, 5.41) is 4.67. The summed E-state index contributed by atoms with van der Waals surface area (Å²) in [6.45, 7) is 3.83. The molecule has 0 aromatic carbocycles. The van der Waals surface area contributed by atoms with Gasteiger partial charge in [0.25, 0.3) is 5.91 Å². The average molecular weight is 362 g/mol. The van der Waals surface area contributed by atoms with Crippen LogP contribution in [-0.4, -0.2) is 36.0 Å². The van der Waals surface area contributed by atoms with Gasteiger partial charge in [0, 0.05) is 6.54 Å². The van der Waals surface area contributed by atoms with Crippen LogP contribution in [0.25, 0.3) is 0 Å². The highest BCUT2D eigenvalue weighted by atomic mass is 35.5. The number of nitrogens with one attached hydrogen (secondary N) is 2. The first-order chi connectivity index (χ1) is 10.8. The number of imide groups is 1. The van der Waals surface area contributed by atoms with Crippen molar-refractivity contribution in [1.29, 1.82) is 0 Å². The van der Waals surface area contributed by atoms with E-state index in [1.165, 1.54) is 12.1 Å². The maximum atomic E-state index is 11.7. The summed E-state index contributed by atoms with van der Waals surface area (Å²) in [7, 11) is 0. The Balaban J connectivity index is 2.39. The van der Waals surface area contributed by atoms with E-state index < -0.39 is 24.5 Å². The molecule has 0 saturated carbocycles. The Morgan fingerprint density at radius 1 is 1.26 bits per heavy atom. The number of hydrogen-bond acceptors (Lipinski definition) is 5. The Labute approximate surface area is 143 Å². The second-order valence-corrected chi connectivity index (χ2v) is 5.82. The number of ether oxygens (including phenoxy) is 1. The van der Waals surface area contributed by atoms with Crippen LogP contribution in [0.5, 0.6) is 0 Å². The van der Waals surface area contributed by atoms with Crippen LogP contribution in [0.15, 0.2) is 12.1 Å². The number of rotatable bonds is 6. The van der Waals surface area contributed by atoms with Crippen LogP contribution < -0.4 is 10.6 Å². The normalized spacial score (nSPS) is 10.3. The van der Waals surface area contributed by atoms with Gasteiger partial charge in [0.1, 0.15) is 5.15 Å². The van der Waals surface area contributed by atoms with E-state index in [1.807, 2.05) is 19.2 Å². The summed E-state index contributed by atoms with van der Waals surface area (Å²) in [5.74, 6) is -1.24. The summed E-state index contributed by atoms with van der Waals surface area (Å²) in [6.07, 6.45) is 0.787. The van der Waals surface area contributed by atoms with Crippen LogP contribution in [0.1, 0.15) is 30.8 Å². The van der Waals surface area contributed by atoms with E-state index in [1.54, 1.807) is 0 Å². The van der Waals surface area contributed by atoms with Crippen molar-refractivity contribution in [3.63, 3.8) is 0 Å². The van der Waals surface area contributed by atoms with Crippen molar-refractivity contribution in [2.24, 2.45) is 5.92 Å². The Kier molecular flexibility index (Phi) is 7.77. The molecule has 0 aliphatic rings. The number of halogens is 2. The SMILES string of the molecule is CC(C)CCNC(=O)NC(=O)COC(=O)c1nc(Cl)ccc1Cl. The molecule has 0 unspecified atom stereocenters. The highest BCUT2D eigenvalue weighted by molar-refractivity contribution is 6.34. The third-order valence-corrected chi connectivity index (χ3v) is 3.12. The molecule has 0 saturated heterocycles. The summed E-state index contributed by atoms with van der Waals surface area (Å²) in [6, 6.07) is 2.15. The quantitative estimate of drug-likeness (QED) is 0.598. The first kappa shape index (κ1) is 19.2. The number of amides is 3. The molecule has 3 amide bonds. The van der Waals surface area contributed by atoms with Crippen LogP contribution in [0, 0.1) is 5.92 Å². The van der Waals surface area contributed by atoms with E-state index in [2.05, 4.69) is 10.3 Å². The second-order valence-electron chi connectivity index (χ2n) is 5.03. The van der Waals surface area contributed by atoms with E-state index in [-0.39, 0.29) is 15.9 Å². The standard InChI is InChI=1S/C14H17Cl2N3O4/c1-8(2)5-6-17-14(22)19-11(20)7-23-13(21)12-9(15)3-4-10(16)18-12/h3-4,8H,5-7H2,1-2H3,(H2,17,19,20,22). The fraction of sp³-hybridized carbons (Fsp3) is 0.429. The third-order valence-electron chi connectivity index (χ3n) is 2.60. The van der Waals surface area contributed by atoms with Gasteiger partial charge in [0.2, 0.25) is 0 Å². The molecule has 0 radical (unpaired) electrons. The zero-order valence-electron chi connectivity index (χ0n) is 12.7. The molecular formula is C14H17Cl2N3O4. The fourth-order valence-electron chi connectivity index (χ4n) is 1.44. The van der Waals surface area contributed by atoms with Gasteiger partial charge in [-0.2, -0.15) is 0 Å². The van der Waals surface area contributed by atoms with Gasteiger partial charge in [-0.25, -0.2) is 14.6 Å².